The third kappa shape index (κ3) is 7.50. The molecule has 2 heterocycles. The molecule has 0 bridgehead atoms. The fraction of sp³-hybridized carbons (Fsp3) is 0.464. The monoisotopic (exact) mass is 546 g/mol. The van der Waals surface area contributed by atoms with E-state index in [9.17, 15) is 27.6 Å². The Balaban J connectivity index is 1.57. The summed E-state index contributed by atoms with van der Waals surface area (Å²) >= 11 is 0. The number of hydrogen-bond acceptors (Lipinski definition) is 5. The van der Waals surface area contributed by atoms with E-state index in [-0.39, 0.29) is 49.4 Å². The van der Waals surface area contributed by atoms with Crippen LogP contribution >= 0.6 is 0 Å². The van der Waals surface area contributed by atoms with Gasteiger partial charge in [-0.3, -0.25) is 19.3 Å². The summed E-state index contributed by atoms with van der Waals surface area (Å²) in [5, 5.41) is 2.69. The van der Waals surface area contributed by atoms with Crippen molar-refractivity contribution in [3.63, 3.8) is 0 Å². The van der Waals surface area contributed by atoms with Gasteiger partial charge in [-0.25, -0.2) is 0 Å². The van der Waals surface area contributed by atoms with Crippen LogP contribution < -0.4 is 10.1 Å². The molecule has 2 aliphatic rings. The van der Waals surface area contributed by atoms with Crippen molar-refractivity contribution in [1.82, 2.24) is 20.0 Å². The van der Waals surface area contributed by atoms with Crippen molar-refractivity contribution in [3.05, 3.63) is 65.2 Å². The molecule has 2 aromatic carbocycles. The fourth-order valence-electron chi connectivity index (χ4n) is 4.93. The highest BCUT2D eigenvalue weighted by Crippen LogP contribution is 2.33. The molecule has 8 nitrogen and oxygen atoms in total. The smallest absolute Gasteiger partial charge is 0.416 e. The average molecular weight is 547 g/mol. The minimum atomic E-state index is -4.62. The molecule has 11 heteroatoms. The number of halogens is 3. The molecule has 0 aliphatic carbocycles. The summed E-state index contributed by atoms with van der Waals surface area (Å²) in [4.78, 5) is 43.7. The molecular formula is C28H33F3N4O4. The number of aryl methyl sites for hydroxylation is 1. The second-order valence-corrected chi connectivity index (χ2v) is 9.85. The zero-order valence-corrected chi connectivity index (χ0v) is 21.9. The lowest BCUT2D eigenvalue weighted by atomic mass is 10.1. The number of nitrogens with one attached hydrogen (secondary N) is 1. The Kier molecular flexibility index (Phi) is 9.11. The number of amides is 3. The summed E-state index contributed by atoms with van der Waals surface area (Å²) in [6.45, 7) is 3.52. The van der Waals surface area contributed by atoms with Gasteiger partial charge < -0.3 is 19.9 Å². The van der Waals surface area contributed by atoms with E-state index in [2.05, 4.69) is 5.32 Å². The van der Waals surface area contributed by atoms with Crippen LogP contribution in [0.3, 0.4) is 0 Å². The van der Waals surface area contributed by atoms with Crippen molar-refractivity contribution < 1.29 is 32.3 Å². The summed E-state index contributed by atoms with van der Waals surface area (Å²) in [5.74, 6) is -0.949. The summed E-state index contributed by atoms with van der Waals surface area (Å²) in [6.07, 6.45) is -3.02. The van der Waals surface area contributed by atoms with Crippen LogP contribution in [0.5, 0.6) is 5.75 Å². The molecule has 1 saturated heterocycles. The number of piperazine rings is 1. The Labute approximate surface area is 225 Å². The Morgan fingerprint density at radius 3 is 2.56 bits per heavy atom. The molecule has 3 amide bonds. The number of carbonyl (C=O) groups excluding carboxylic acids is 3. The normalized spacial score (nSPS) is 19.5. The number of alkyl halides is 3. The van der Waals surface area contributed by atoms with Crippen molar-refractivity contribution in [2.75, 3.05) is 52.4 Å². The van der Waals surface area contributed by atoms with Crippen LogP contribution in [0.1, 0.15) is 34.8 Å². The fourth-order valence-corrected chi connectivity index (χ4v) is 4.93. The minimum Gasteiger partial charge on any atom is -0.491 e. The third-order valence-corrected chi connectivity index (χ3v) is 7.09. The zero-order chi connectivity index (χ0) is 28.0. The van der Waals surface area contributed by atoms with Gasteiger partial charge in [-0.05, 0) is 43.1 Å². The van der Waals surface area contributed by atoms with Gasteiger partial charge in [0.2, 0.25) is 11.8 Å². The SMILES string of the molecule is CC(=O)N1CCN2C(=O)CN(CCCc3ccccc3)CCNC(=O)c3cc(C(F)(F)F)ccc3OC[C@@H]2C1. The Bertz CT molecular complexity index is 1180. The van der Waals surface area contributed by atoms with Gasteiger partial charge in [-0.15, -0.1) is 0 Å². The van der Waals surface area contributed by atoms with Gasteiger partial charge >= 0.3 is 6.18 Å². The van der Waals surface area contributed by atoms with Gasteiger partial charge in [-0.2, -0.15) is 13.2 Å². The van der Waals surface area contributed by atoms with Crippen LogP contribution in [0.4, 0.5) is 13.2 Å². The molecule has 0 aromatic heterocycles. The van der Waals surface area contributed by atoms with E-state index in [1.165, 1.54) is 12.5 Å². The molecule has 210 valence electrons. The lowest BCUT2D eigenvalue weighted by Crippen LogP contribution is -2.59. The summed E-state index contributed by atoms with van der Waals surface area (Å²) in [7, 11) is 0. The highest BCUT2D eigenvalue weighted by Gasteiger charge is 2.35. The number of rotatable bonds is 4. The van der Waals surface area contributed by atoms with E-state index in [0.29, 0.717) is 26.2 Å². The predicted octanol–water partition coefficient (Wildman–Crippen LogP) is 2.82. The van der Waals surface area contributed by atoms with Crippen molar-refractivity contribution in [3.8, 4) is 5.75 Å². The first-order valence-corrected chi connectivity index (χ1v) is 13.1. The van der Waals surface area contributed by atoms with Crippen molar-refractivity contribution in [1.29, 1.82) is 0 Å². The Morgan fingerprint density at radius 1 is 1.08 bits per heavy atom. The average Bonchev–Trinajstić information content (AvgIpc) is 2.91. The molecule has 4 rings (SSSR count). The van der Waals surface area contributed by atoms with Crippen LogP contribution in [0.15, 0.2) is 48.5 Å². The predicted molar refractivity (Wildman–Crippen MR) is 138 cm³/mol. The maximum Gasteiger partial charge on any atom is 0.416 e. The molecule has 0 unspecified atom stereocenters. The number of carbonyl (C=O) groups is 3. The maximum atomic E-state index is 13.4. The maximum absolute atomic E-state index is 13.4. The van der Waals surface area contributed by atoms with Crippen LogP contribution in [-0.2, 0) is 22.2 Å². The van der Waals surface area contributed by atoms with Crippen LogP contribution in [0.2, 0.25) is 0 Å². The Morgan fingerprint density at radius 2 is 1.85 bits per heavy atom. The van der Waals surface area contributed by atoms with Gasteiger partial charge in [0.05, 0.1) is 23.7 Å². The molecule has 2 aromatic rings. The van der Waals surface area contributed by atoms with E-state index < -0.39 is 23.7 Å². The summed E-state index contributed by atoms with van der Waals surface area (Å²) in [6, 6.07) is 12.2. The van der Waals surface area contributed by atoms with E-state index in [1.54, 1.807) is 9.80 Å². The van der Waals surface area contributed by atoms with Crippen molar-refractivity contribution in [2.45, 2.75) is 32.0 Å². The molecule has 2 aliphatic heterocycles. The van der Waals surface area contributed by atoms with Crippen LogP contribution in [-0.4, -0.2) is 90.9 Å². The molecule has 1 N–H and O–H groups in total. The first kappa shape index (κ1) is 28.4. The number of hydrogen-bond donors (Lipinski definition) is 1. The molecule has 39 heavy (non-hydrogen) atoms. The van der Waals surface area contributed by atoms with Gasteiger partial charge in [0, 0.05) is 39.6 Å². The first-order valence-electron chi connectivity index (χ1n) is 13.1. The second kappa shape index (κ2) is 12.5. The molecule has 0 saturated carbocycles. The minimum absolute atomic E-state index is 0.00758. The lowest BCUT2D eigenvalue weighted by molar-refractivity contribution is -0.143. The first-order chi connectivity index (χ1) is 18.6. The molecule has 1 atom stereocenters. The van der Waals surface area contributed by atoms with Gasteiger partial charge in [0.25, 0.3) is 5.91 Å². The zero-order valence-electron chi connectivity index (χ0n) is 21.9. The third-order valence-electron chi connectivity index (χ3n) is 7.09. The topological polar surface area (TPSA) is 82.2 Å². The van der Waals surface area contributed by atoms with E-state index >= 15 is 0 Å². The van der Waals surface area contributed by atoms with E-state index in [1.807, 2.05) is 35.2 Å². The van der Waals surface area contributed by atoms with Gasteiger partial charge in [0.15, 0.2) is 0 Å². The van der Waals surface area contributed by atoms with E-state index in [0.717, 1.165) is 31.0 Å². The highest BCUT2D eigenvalue weighted by molar-refractivity contribution is 5.97. The Hall–Kier alpha value is -3.60. The summed E-state index contributed by atoms with van der Waals surface area (Å²) < 4.78 is 46.0. The van der Waals surface area contributed by atoms with Crippen LogP contribution in [0.25, 0.3) is 0 Å². The van der Waals surface area contributed by atoms with E-state index in [4.69, 9.17) is 4.74 Å². The number of benzene rings is 2. The lowest BCUT2D eigenvalue weighted by Gasteiger charge is -2.41. The highest BCUT2D eigenvalue weighted by atomic mass is 19.4. The molecular weight excluding hydrogens is 513 g/mol. The molecule has 1 fully saturated rings. The number of fused-ring (bicyclic) bond motifs is 2. The van der Waals surface area contributed by atoms with Crippen molar-refractivity contribution >= 4 is 17.7 Å². The van der Waals surface area contributed by atoms with Gasteiger partial charge in [0.1, 0.15) is 12.4 Å². The number of ether oxygens (including phenoxy) is 1. The quantitative estimate of drug-likeness (QED) is 0.638. The molecule has 0 radical (unpaired) electrons. The largest absolute Gasteiger partial charge is 0.491 e. The van der Waals surface area contributed by atoms with Crippen LogP contribution in [0, 0.1) is 0 Å². The second-order valence-electron chi connectivity index (χ2n) is 9.85. The van der Waals surface area contributed by atoms with Crippen molar-refractivity contribution in [2.24, 2.45) is 0 Å². The summed E-state index contributed by atoms with van der Waals surface area (Å²) in [5.41, 5.74) is -0.00139. The number of nitrogens with zero attached hydrogens (tertiary/aromatic N) is 3. The molecule has 0 spiro atoms. The van der Waals surface area contributed by atoms with Gasteiger partial charge in [-0.1, -0.05) is 30.3 Å². The standard InChI is InChI=1S/C28H33F3N4O4/c1-20(36)34-14-15-35-23(17-34)19-39-25-10-9-22(28(29,30)31)16-24(25)27(38)32-11-13-33(18-26(35)37)12-5-8-21-6-3-2-4-7-21/h2-4,6-7,9-10,16,23H,5,8,11-15,17-19H2,1H3,(H,32,38)/t23-/m0/s1.